The first kappa shape index (κ1) is 14.5. The number of hydrogen-bond donors (Lipinski definition) is 3. The van der Waals surface area contributed by atoms with Gasteiger partial charge < -0.3 is 20.9 Å². The molecule has 1 amide bonds. The molecular formula is C13H20N2O3. The van der Waals surface area contributed by atoms with Crippen LogP contribution in [0.15, 0.2) is 6.07 Å². The van der Waals surface area contributed by atoms with E-state index < -0.39 is 12.0 Å². The van der Waals surface area contributed by atoms with Crippen LogP contribution in [-0.2, 0) is 4.79 Å². The number of aliphatic hydroxyl groups excluding tert-OH is 1. The van der Waals surface area contributed by atoms with Crippen molar-refractivity contribution in [3.63, 3.8) is 0 Å². The molecule has 0 saturated carbocycles. The maximum absolute atomic E-state index is 11.6. The molecule has 1 unspecified atom stereocenters. The Hall–Kier alpha value is -1.59. The fourth-order valence-corrected chi connectivity index (χ4v) is 1.76. The van der Waals surface area contributed by atoms with Crippen LogP contribution in [0.4, 0.5) is 5.69 Å². The maximum atomic E-state index is 11.6. The number of nitrogens with two attached hydrogens (primary N) is 1. The van der Waals surface area contributed by atoms with Gasteiger partial charge in [-0.15, -0.1) is 0 Å². The van der Waals surface area contributed by atoms with Gasteiger partial charge in [0.05, 0.1) is 7.11 Å². The van der Waals surface area contributed by atoms with Crippen molar-refractivity contribution in [2.45, 2.75) is 26.9 Å². The topological polar surface area (TPSA) is 84.6 Å². The second kappa shape index (κ2) is 5.84. The van der Waals surface area contributed by atoms with Crippen molar-refractivity contribution in [2.75, 3.05) is 19.0 Å². The molecule has 0 saturated heterocycles. The van der Waals surface area contributed by atoms with Crippen LogP contribution in [0, 0.1) is 20.8 Å². The second-order valence-electron chi connectivity index (χ2n) is 4.26. The van der Waals surface area contributed by atoms with Gasteiger partial charge in [-0.3, -0.25) is 4.79 Å². The molecule has 100 valence electrons. The summed E-state index contributed by atoms with van der Waals surface area (Å²) in [6.07, 6.45) is -1.19. The number of aliphatic hydroxyl groups is 1. The summed E-state index contributed by atoms with van der Waals surface area (Å²) < 4.78 is 5.25. The lowest BCUT2D eigenvalue weighted by Gasteiger charge is -2.17. The van der Waals surface area contributed by atoms with Gasteiger partial charge >= 0.3 is 0 Å². The molecule has 0 aliphatic heterocycles. The lowest BCUT2D eigenvalue weighted by Crippen LogP contribution is -2.34. The lowest BCUT2D eigenvalue weighted by molar-refractivity contribution is -0.123. The van der Waals surface area contributed by atoms with Gasteiger partial charge in [0.1, 0.15) is 11.9 Å². The molecule has 5 nitrogen and oxygen atoms in total. The molecule has 5 heteroatoms. The number of rotatable bonds is 4. The zero-order chi connectivity index (χ0) is 13.9. The summed E-state index contributed by atoms with van der Waals surface area (Å²) in [4.78, 5) is 11.6. The Morgan fingerprint density at radius 3 is 2.56 bits per heavy atom. The third-order valence-electron chi connectivity index (χ3n) is 3.04. The molecule has 0 aliphatic carbocycles. The Morgan fingerprint density at radius 1 is 1.44 bits per heavy atom. The molecule has 0 bridgehead atoms. The van der Waals surface area contributed by atoms with Gasteiger partial charge in [0.15, 0.2) is 0 Å². The van der Waals surface area contributed by atoms with Gasteiger partial charge in [0.25, 0.3) is 5.91 Å². The Bertz CT molecular complexity index is 458. The Kier molecular flexibility index (Phi) is 4.69. The molecule has 1 atom stereocenters. The third-order valence-corrected chi connectivity index (χ3v) is 3.04. The van der Waals surface area contributed by atoms with E-state index >= 15 is 0 Å². The van der Waals surface area contributed by atoms with Crippen molar-refractivity contribution >= 4 is 11.6 Å². The van der Waals surface area contributed by atoms with E-state index in [1.165, 1.54) is 0 Å². The summed E-state index contributed by atoms with van der Waals surface area (Å²) in [7, 11) is 1.61. The van der Waals surface area contributed by atoms with E-state index in [2.05, 4.69) is 5.32 Å². The summed E-state index contributed by atoms with van der Waals surface area (Å²) in [5.74, 6) is 0.288. The van der Waals surface area contributed by atoms with Crippen LogP contribution in [0.3, 0.4) is 0 Å². The van der Waals surface area contributed by atoms with Crippen molar-refractivity contribution in [1.29, 1.82) is 0 Å². The largest absolute Gasteiger partial charge is 0.496 e. The number of carbonyl (C=O) groups excluding carboxylic acids is 1. The standard InChI is InChI=1S/C13H20N2O3/c1-7-5-11(18-4)8(2)9(3)12(7)15-13(17)10(16)6-14/h5,10,16H,6,14H2,1-4H3,(H,15,17). The molecule has 0 heterocycles. The number of benzene rings is 1. The van der Waals surface area contributed by atoms with Crippen molar-refractivity contribution in [3.8, 4) is 5.75 Å². The van der Waals surface area contributed by atoms with E-state index in [-0.39, 0.29) is 6.54 Å². The molecule has 0 aromatic heterocycles. The summed E-state index contributed by atoms with van der Waals surface area (Å²) in [5, 5.41) is 12.1. The molecule has 1 aromatic carbocycles. The molecule has 1 aromatic rings. The smallest absolute Gasteiger partial charge is 0.254 e. The SMILES string of the molecule is COc1cc(C)c(NC(=O)C(O)CN)c(C)c1C. The average Bonchev–Trinajstić information content (AvgIpc) is 2.37. The monoisotopic (exact) mass is 252 g/mol. The quantitative estimate of drug-likeness (QED) is 0.742. The number of amides is 1. The highest BCUT2D eigenvalue weighted by Crippen LogP contribution is 2.31. The normalized spacial score (nSPS) is 12.1. The van der Waals surface area contributed by atoms with Gasteiger partial charge in [-0.1, -0.05) is 0 Å². The molecule has 0 spiro atoms. The Labute approximate surface area is 107 Å². The van der Waals surface area contributed by atoms with Crippen molar-refractivity contribution in [2.24, 2.45) is 5.73 Å². The summed E-state index contributed by atoms with van der Waals surface area (Å²) >= 11 is 0. The number of carbonyl (C=O) groups is 1. The summed E-state index contributed by atoms with van der Waals surface area (Å²) in [5.41, 5.74) is 8.71. The highest BCUT2D eigenvalue weighted by Gasteiger charge is 2.17. The number of ether oxygens (including phenoxy) is 1. The first-order chi connectivity index (χ1) is 8.42. The van der Waals surface area contributed by atoms with Gasteiger partial charge in [-0.05, 0) is 43.5 Å². The van der Waals surface area contributed by atoms with E-state index in [0.717, 1.165) is 22.4 Å². The van der Waals surface area contributed by atoms with Crippen LogP contribution in [-0.4, -0.2) is 30.8 Å². The van der Waals surface area contributed by atoms with Crippen molar-refractivity contribution < 1.29 is 14.6 Å². The molecule has 1 rings (SSSR count). The van der Waals surface area contributed by atoms with E-state index in [4.69, 9.17) is 10.5 Å². The van der Waals surface area contributed by atoms with E-state index in [1.807, 2.05) is 26.8 Å². The maximum Gasteiger partial charge on any atom is 0.254 e. The molecule has 18 heavy (non-hydrogen) atoms. The molecule has 0 fully saturated rings. The van der Waals surface area contributed by atoms with E-state index in [9.17, 15) is 9.90 Å². The average molecular weight is 252 g/mol. The van der Waals surface area contributed by atoms with Gasteiger partial charge in [-0.2, -0.15) is 0 Å². The molecule has 4 N–H and O–H groups in total. The number of aryl methyl sites for hydroxylation is 1. The zero-order valence-electron chi connectivity index (χ0n) is 11.2. The summed E-state index contributed by atoms with van der Waals surface area (Å²) in [6, 6.07) is 1.85. The fourth-order valence-electron chi connectivity index (χ4n) is 1.76. The number of nitrogens with one attached hydrogen (secondary N) is 1. The van der Waals surface area contributed by atoms with E-state index in [1.54, 1.807) is 7.11 Å². The number of methoxy groups -OCH3 is 1. The minimum atomic E-state index is -1.19. The van der Waals surface area contributed by atoms with E-state index in [0.29, 0.717) is 5.69 Å². The van der Waals surface area contributed by atoms with Gasteiger partial charge in [-0.25, -0.2) is 0 Å². The van der Waals surface area contributed by atoms with Crippen LogP contribution in [0.2, 0.25) is 0 Å². The number of anilines is 1. The molecule has 0 aliphatic rings. The van der Waals surface area contributed by atoms with Crippen LogP contribution in [0.5, 0.6) is 5.75 Å². The predicted molar refractivity (Wildman–Crippen MR) is 70.9 cm³/mol. The lowest BCUT2D eigenvalue weighted by atomic mass is 10.0. The third kappa shape index (κ3) is 2.80. The van der Waals surface area contributed by atoms with Gasteiger partial charge in [0, 0.05) is 12.2 Å². The first-order valence-corrected chi connectivity index (χ1v) is 5.76. The zero-order valence-corrected chi connectivity index (χ0v) is 11.2. The van der Waals surface area contributed by atoms with Crippen LogP contribution < -0.4 is 15.8 Å². The Balaban J connectivity index is 3.11. The number of hydrogen-bond acceptors (Lipinski definition) is 4. The minimum Gasteiger partial charge on any atom is -0.496 e. The van der Waals surface area contributed by atoms with Crippen LogP contribution in [0.25, 0.3) is 0 Å². The fraction of sp³-hybridized carbons (Fsp3) is 0.462. The highest BCUT2D eigenvalue weighted by atomic mass is 16.5. The highest BCUT2D eigenvalue weighted by molar-refractivity contribution is 5.95. The first-order valence-electron chi connectivity index (χ1n) is 5.76. The molecule has 0 radical (unpaired) electrons. The van der Waals surface area contributed by atoms with Gasteiger partial charge in [0.2, 0.25) is 0 Å². The minimum absolute atomic E-state index is 0.0981. The van der Waals surface area contributed by atoms with Crippen LogP contribution in [0.1, 0.15) is 16.7 Å². The Morgan fingerprint density at radius 2 is 2.06 bits per heavy atom. The summed E-state index contributed by atoms with van der Waals surface area (Å²) in [6.45, 7) is 5.59. The van der Waals surface area contributed by atoms with Crippen molar-refractivity contribution in [1.82, 2.24) is 0 Å². The second-order valence-corrected chi connectivity index (χ2v) is 4.26. The van der Waals surface area contributed by atoms with Crippen LogP contribution >= 0.6 is 0 Å². The van der Waals surface area contributed by atoms with Crippen molar-refractivity contribution in [3.05, 3.63) is 22.8 Å². The molecular weight excluding hydrogens is 232 g/mol. The predicted octanol–water partition coefficient (Wildman–Crippen LogP) is 0.879.